The van der Waals surface area contributed by atoms with Gasteiger partial charge in [0.25, 0.3) is 0 Å². The summed E-state index contributed by atoms with van der Waals surface area (Å²) in [5.41, 5.74) is 1.58. The summed E-state index contributed by atoms with van der Waals surface area (Å²) in [7, 11) is 0. The molecule has 0 amide bonds. The van der Waals surface area contributed by atoms with Gasteiger partial charge in [-0.15, -0.1) is 5.10 Å². The predicted molar refractivity (Wildman–Crippen MR) is 81.7 cm³/mol. The lowest BCUT2D eigenvalue weighted by atomic mass is 9.78. The van der Waals surface area contributed by atoms with Crippen LogP contribution in [-0.4, -0.2) is 29.3 Å². The van der Waals surface area contributed by atoms with Crippen LogP contribution < -0.4 is 10.2 Å². The van der Waals surface area contributed by atoms with E-state index in [9.17, 15) is 0 Å². The molecule has 1 N–H and O–H groups in total. The van der Waals surface area contributed by atoms with Gasteiger partial charge >= 0.3 is 0 Å². The van der Waals surface area contributed by atoms with Crippen molar-refractivity contribution >= 4 is 5.82 Å². The predicted octanol–water partition coefficient (Wildman–Crippen LogP) is 2.75. The fraction of sp³-hybridized carbons (Fsp3) is 0.750. The number of rotatable bonds is 5. The van der Waals surface area contributed by atoms with Crippen LogP contribution in [0.25, 0.3) is 0 Å². The van der Waals surface area contributed by atoms with Crippen LogP contribution in [0.5, 0.6) is 0 Å². The summed E-state index contributed by atoms with van der Waals surface area (Å²) in [6, 6.07) is 4.97. The highest BCUT2D eigenvalue weighted by atomic mass is 15.3. The second kappa shape index (κ2) is 5.68. The van der Waals surface area contributed by atoms with Gasteiger partial charge in [-0.2, -0.15) is 5.10 Å². The minimum Gasteiger partial charge on any atom is -0.355 e. The first-order valence-electron chi connectivity index (χ1n) is 7.99. The van der Waals surface area contributed by atoms with Crippen LogP contribution in [0.4, 0.5) is 5.82 Å². The minimum atomic E-state index is 0.526. The summed E-state index contributed by atoms with van der Waals surface area (Å²) in [5.74, 6) is 1.04. The molecule has 0 bridgehead atoms. The van der Waals surface area contributed by atoms with Gasteiger partial charge in [0.05, 0.1) is 5.69 Å². The molecule has 4 heteroatoms. The Hall–Kier alpha value is -1.16. The Bertz CT molecular complexity index is 430. The highest BCUT2D eigenvalue weighted by Gasteiger charge is 2.28. The molecular weight excluding hydrogens is 248 g/mol. The molecule has 1 aromatic rings. The molecule has 1 aromatic heterocycles. The van der Waals surface area contributed by atoms with Crippen LogP contribution in [0.2, 0.25) is 0 Å². The number of anilines is 1. The number of hydrogen-bond donors (Lipinski definition) is 1. The molecule has 3 rings (SSSR count). The third-order valence-electron chi connectivity index (χ3n) is 5.00. The fourth-order valence-corrected chi connectivity index (χ4v) is 2.78. The van der Waals surface area contributed by atoms with Gasteiger partial charge in [-0.1, -0.05) is 20.3 Å². The van der Waals surface area contributed by atoms with Gasteiger partial charge in [0, 0.05) is 25.7 Å². The van der Waals surface area contributed by atoms with Crippen LogP contribution in [0.15, 0.2) is 12.1 Å². The molecule has 0 radical (unpaired) electrons. The number of hydrogen-bond acceptors (Lipinski definition) is 4. The molecule has 0 unspecified atom stereocenters. The van der Waals surface area contributed by atoms with Gasteiger partial charge < -0.3 is 10.2 Å². The molecule has 0 atom stereocenters. The van der Waals surface area contributed by atoms with Crippen molar-refractivity contribution in [2.24, 2.45) is 5.41 Å². The van der Waals surface area contributed by atoms with E-state index in [-0.39, 0.29) is 0 Å². The Kier molecular flexibility index (Phi) is 3.92. The van der Waals surface area contributed by atoms with Crippen LogP contribution >= 0.6 is 0 Å². The molecule has 4 nitrogen and oxygen atoms in total. The van der Waals surface area contributed by atoms with Crippen molar-refractivity contribution in [3.63, 3.8) is 0 Å². The van der Waals surface area contributed by atoms with Gasteiger partial charge in [0.2, 0.25) is 0 Å². The van der Waals surface area contributed by atoms with Crippen molar-refractivity contribution in [2.75, 3.05) is 18.0 Å². The van der Waals surface area contributed by atoms with Crippen molar-refractivity contribution in [1.82, 2.24) is 15.5 Å². The zero-order valence-electron chi connectivity index (χ0n) is 12.7. The highest BCUT2D eigenvalue weighted by molar-refractivity contribution is 5.38. The van der Waals surface area contributed by atoms with E-state index < -0.39 is 0 Å². The lowest BCUT2D eigenvalue weighted by Crippen LogP contribution is -2.39. The number of piperidine rings is 1. The molecule has 1 aliphatic carbocycles. The van der Waals surface area contributed by atoms with Gasteiger partial charge in [-0.25, -0.2) is 0 Å². The van der Waals surface area contributed by atoms with E-state index >= 15 is 0 Å². The molecule has 2 heterocycles. The van der Waals surface area contributed by atoms with Crippen LogP contribution in [0, 0.1) is 5.41 Å². The topological polar surface area (TPSA) is 41.0 Å². The molecule has 2 fully saturated rings. The highest BCUT2D eigenvalue weighted by Crippen LogP contribution is 2.35. The molecule has 1 aliphatic heterocycles. The number of nitrogens with one attached hydrogen (secondary N) is 1. The molecule has 0 aromatic carbocycles. The largest absolute Gasteiger partial charge is 0.355 e. The van der Waals surface area contributed by atoms with Gasteiger partial charge in [-0.05, 0) is 43.2 Å². The van der Waals surface area contributed by atoms with E-state index in [1.165, 1.54) is 32.1 Å². The first kappa shape index (κ1) is 13.8. The van der Waals surface area contributed by atoms with E-state index in [1.54, 1.807) is 0 Å². The van der Waals surface area contributed by atoms with Crippen molar-refractivity contribution in [1.29, 1.82) is 0 Å². The SMILES string of the molecule is CCC1(C)CCN(c2ccc(CNC3CC3)nn2)CC1. The second-order valence-electron chi connectivity index (χ2n) is 6.69. The Morgan fingerprint density at radius 1 is 1.25 bits per heavy atom. The molecule has 1 saturated carbocycles. The number of nitrogens with zero attached hydrogens (tertiary/aromatic N) is 3. The summed E-state index contributed by atoms with van der Waals surface area (Å²) in [6.45, 7) is 7.78. The molecule has 110 valence electrons. The summed E-state index contributed by atoms with van der Waals surface area (Å²) < 4.78 is 0. The van der Waals surface area contributed by atoms with Crippen molar-refractivity contribution in [3.8, 4) is 0 Å². The summed E-state index contributed by atoms with van der Waals surface area (Å²) in [4.78, 5) is 2.38. The maximum atomic E-state index is 4.41. The summed E-state index contributed by atoms with van der Waals surface area (Å²) >= 11 is 0. The maximum absolute atomic E-state index is 4.41. The van der Waals surface area contributed by atoms with Gasteiger partial charge in [0.1, 0.15) is 0 Å². The van der Waals surface area contributed by atoms with Crippen molar-refractivity contribution in [3.05, 3.63) is 17.8 Å². The normalized spacial score (nSPS) is 22.0. The van der Waals surface area contributed by atoms with Crippen LogP contribution in [0.3, 0.4) is 0 Å². The van der Waals surface area contributed by atoms with Crippen LogP contribution in [0.1, 0.15) is 51.6 Å². The van der Waals surface area contributed by atoms with E-state index in [2.05, 4.69) is 46.4 Å². The fourth-order valence-electron chi connectivity index (χ4n) is 2.78. The zero-order chi connectivity index (χ0) is 14.0. The standard InChI is InChI=1S/C16H26N4/c1-3-16(2)8-10-20(11-9-16)15-7-6-14(18-19-15)12-17-13-4-5-13/h6-7,13,17H,3-5,8-12H2,1-2H3. The van der Waals surface area contributed by atoms with Gasteiger partial charge in [-0.3, -0.25) is 0 Å². The minimum absolute atomic E-state index is 0.526. The average molecular weight is 274 g/mol. The quantitative estimate of drug-likeness (QED) is 0.896. The van der Waals surface area contributed by atoms with Crippen LogP contribution in [-0.2, 0) is 6.54 Å². The number of aromatic nitrogens is 2. The summed E-state index contributed by atoms with van der Waals surface area (Å²) in [5, 5.41) is 12.2. The lowest BCUT2D eigenvalue weighted by molar-refractivity contribution is 0.237. The Balaban J connectivity index is 1.54. The Morgan fingerprint density at radius 2 is 2.00 bits per heavy atom. The first-order valence-corrected chi connectivity index (χ1v) is 7.99. The Morgan fingerprint density at radius 3 is 2.55 bits per heavy atom. The zero-order valence-corrected chi connectivity index (χ0v) is 12.7. The van der Waals surface area contributed by atoms with E-state index in [4.69, 9.17) is 0 Å². The van der Waals surface area contributed by atoms with Gasteiger partial charge in [0.15, 0.2) is 5.82 Å². The van der Waals surface area contributed by atoms with Crippen molar-refractivity contribution in [2.45, 2.75) is 58.5 Å². The third-order valence-corrected chi connectivity index (χ3v) is 5.00. The maximum Gasteiger partial charge on any atom is 0.151 e. The van der Waals surface area contributed by atoms with Crippen molar-refractivity contribution < 1.29 is 0 Å². The average Bonchev–Trinajstić information content (AvgIpc) is 3.31. The summed E-state index contributed by atoms with van der Waals surface area (Å²) in [6.07, 6.45) is 6.43. The monoisotopic (exact) mass is 274 g/mol. The second-order valence-corrected chi connectivity index (χ2v) is 6.69. The van der Waals surface area contributed by atoms with E-state index in [0.29, 0.717) is 5.41 Å². The first-order chi connectivity index (χ1) is 9.68. The molecule has 1 saturated heterocycles. The third kappa shape index (κ3) is 3.29. The lowest BCUT2D eigenvalue weighted by Gasteiger charge is -2.39. The smallest absolute Gasteiger partial charge is 0.151 e. The Labute approximate surface area is 122 Å². The molecule has 2 aliphatic rings. The molecule has 20 heavy (non-hydrogen) atoms. The van der Waals surface area contributed by atoms with E-state index in [1.807, 2.05) is 0 Å². The van der Waals surface area contributed by atoms with E-state index in [0.717, 1.165) is 37.2 Å². The molecule has 0 spiro atoms. The molecular formula is C16H26N4.